The van der Waals surface area contributed by atoms with Gasteiger partial charge >= 0.3 is 0 Å². The first-order valence-corrected chi connectivity index (χ1v) is 7.78. The molecule has 1 aromatic rings. The van der Waals surface area contributed by atoms with Crippen molar-refractivity contribution in [3.8, 4) is 0 Å². The molecule has 0 saturated carbocycles. The Hall–Kier alpha value is -1.84. The maximum absolute atomic E-state index is 12.8. The first-order valence-electron chi connectivity index (χ1n) is 7.78. The molecule has 1 saturated heterocycles. The Kier molecular flexibility index (Phi) is 5.37. The van der Waals surface area contributed by atoms with E-state index in [1.54, 1.807) is 0 Å². The molecule has 2 atom stereocenters. The van der Waals surface area contributed by atoms with Crippen molar-refractivity contribution < 1.29 is 9.59 Å². The SMILES string of the molecule is CCCCCN1C(=O)C(c2ccccc2)NC(=O)CC1C. The summed E-state index contributed by atoms with van der Waals surface area (Å²) in [7, 11) is 0. The van der Waals surface area contributed by atoms with E-state index in [1.165, 1.54) is 0 Å². The average Bonchev–Trinajstić information content (AvgIpc) is 2.59. The summed E-state index contributed by atoms with van der Waals surface area (Å²) in [6.45, 7) is 4.83. The lowest BCUT2D eigenvalue weighted by molar-refractivity contribution is -0.135. The molecule has 114 valence electrons. The van der Waals surface area contributed by atoms with Crippen molar-refractivity contribution in [2.75, 3.05) is 6.54 Å². The zero-order valence-electron chi connectivity index (χ0n) is 12.8. The Morgan fingerprint density at radius 1 is 1.19 bits per heavy atom. The van der Waals surface area contributed by atoms with E-state index in [1.807, 2.05) is 42.2 Å². The molecule has 0 spiro atoms. The van der Waals surface area contributed by atoms with E-state index in [9.17, 15) is 9.59 Å². The number of amides is 2. The summed E-state index contributed by atoms with van der Waals surface area (Å²) in [4.78, 5) is 26.7. The van der Waals surface area contributed by atoms with Crippen LogP contribution in [0.5, 0.6) is 0 Å². The lowest BCUT2D eigenvalue weighted by Gasteiger charge is -2.28. The fourth-order valence-electron chi connectivity index (χ4n) is 2.78. The Bertz CT molecular complexity index is 487. The Morgan fingerprint density at radius 3 is 2.57 bits per heavy atom. The normalized spacial score (nSPS) is 22.9. The Balaban J connectivity index is 2.20. The zero-order valence-corrected chi connectivity index (χ0v) is 12.8. The number of hydrogen-bond acceptors (Lipinski definition) is 2. The van der Waals surface area contributed by atoms with Crippen LogP contribution in [-0.2, 0) is 9.59 Å². The smallest absolute Gasteiger partial charge is 0.250 e. The first kappa shape index (κ1) is 15.5. The third-order valence-electron chi connectivity index (χ3n) is 3.98. The van der Waals surface area contributed by atoms with E-state index < -0.39 is 6.04 Å². The van der Waals surface area contributed by atoms with Gasteiger partial charge in [-0.15, -0.1) is 0 Å². The average molecular weight is 288 g/mol. The molecule has 2 rings (SSSR count). The summed E-state index contributed by atoms with van der Waals surface area (Å²) in [6, 6.07) is 8.89. The van der Waals surface area contributed by atoms with E-state index in [0.717, 1.165) is 31.4 Å². The van der Waals surface area contributed by atoms with Gasteiger partial charge in [-0.05, 0) is 18.9 Å². The summed E-state index contributed by atoms with van der Waals surface area (Å²) in [5.74, 6) is -0.0432. The third kappa shape index (κ3) is 3.84. The molecule has 2 unspecified atom stereocenters. The predicted molar refractivity (Wildman–Crippen MR) is 82.6 cm³/mol. The summed E-state index contributed by atoms with van der Waals surface area (Å²) >= 11 is 0. The van der Waals surface area contributed by atoms with Gasteiger partial charge in [-0.3, -0.25) is 9.59 Å². The van der Waals surface area contributed by atoms with Gasteiger partial charge < -0.3 is 10.2 Å². The lowest BCUT2D eigenvalue weighted by atomic mass is 10.1. The van der Waals surface area contributed by atoms with Crippen LogP contribution in [-0.4, -0.2) is 29.3 Å². The molecule has 1 aromatic carbocycles. The second-order valence-electron chi connectivity index (χ2n) is 5.70. The zero-order chi connectivity index (χ0) is 15.2. The lowest BCUT2D eigenvalue weighted by Crippen LogP contribution is -2.42. The van der Waals surface area contributed by atoms with Crippen molar-refractivity contribution in [1.29, 1.82) is 0 Å². The molecule has 1 aliphatic rings. The van der Waals surface area contributed by atoms with Crippen molar-refractivity contribution in [2.24, 2.45) is 0 Å². The topological polar surface area (TPSA) is 49.4 Å². The van der Waals surface area contributed by atoms with Crippen LogP contribution in [0.2, 0.25) is 0 Å². The van der Waals surface area contributed by atoms with Crippen LogP contribution in [0.15, 0.2) is 30.3 Å². The number of nitrogens with one attached hydrogen (secondary N) is 1. The van der Waals surface area contributed by atoms with Crippen LogP contribution in [0.1, 0.15) is 51.1 Å². The van der Waals surface area contributed by atoms with E-state index >= 15 is 0 Å². The van der Waals surface area contributed by atoms with Gasteiger partial charge in [0.05, 0.1) is 0 Å². The highest BCUT2D eigenvalue weighted by atomic mass is 16.2. The van der Waals surface area contributed by atoms with Crippen molar-refractivity contribution in [2.45, 2.75) is 51.6 Å². The molecule has 4 heteroatoms. The van der Waals surface area contributed by atoms with Crippen LogP contribution >= 0.6 is 0 Å². The van der Waals surface area contributed by atoms with E-state index in [-0.39, 0.29) is 17.9 Å². The highest BCUT2D eigenvalue weighted by molar-refractivity contribution is 5.91. The molecule has 1 heterocycles. The van der Waals surface area contributed by atoms with Gasteiger partial charge in [0.2, 0.25) is 11.8 Å². The molecule has 1 aliphatic heterocycles. The number of carbonyl (C=O) groups excluding carboxylic acids is 2. The minimum Gasteiger partial charge on any atom is -0.340 e. The quantitative estimate of drug-likeness (QED) is 0.847. The summed E-state index contributed by atoms with van der Waals surface area (Å²) in [5, 5.41) is 2.87. The third-order valence-corrected chi connectivity index (χ3v) is 3.98. The second kappa shape index (κ2) is 7.25. The summed E-state index contributed by atoms with van der Waals surface area (Å²) in [6.07, 6.45) is 3.59. The van der Waals surface area contributed by atoms with Crippen LogP contribution < -0.4 is 5.32 Å². The predicted octanol–water partition coefficient (Wildman–Crippen LogP) is 2.65. The second-order valence-corrected chi connectivity index (χ2v) is 5.70. The number of carbonyl (C=O) groups is 2. The molecule has 0 bridgehead atoms. The maximum Gasteiger partial charge on any atom is 0.250 e. The van der Waals surface area contributed by atoms with Gasteiger partial charge in [0, 0.05) is 19.0 Å². The molecule has 2 amide bonds. The maximum atomic E-state index is 12.8. The van der Waals surface area contributed by atoms with Gasteiger partial charge in [-0.2, -0.15) is 0 Å². The van der Waals surface area contributed by atoms with Gasteiger partial charge in [-0.25, -0.2) is 0 Å². The Labute approximate surface area is 126 Å². The molecular formula is C17H24N2O2. The molecule has 4 nitrogen and oxygen atoms in total. The van der Waals surface area contributed by atoms with Gasteiger partial charge in [0.25, 0.3) is 0 Å². The summed E-state index contributed by atoms with van der Waals surface area (Å²) < 4.78 is 0. The number of unbranched alkanes of at least 4 members (excludes halogenated alkanes) is 2. The van der Waals surface area contributed by atoms with Crippen LogP contribution in [0.3, 0.4) is 0 Å². The molecule has 0 radical (unpaired) electrons. The molecule has 1 N–H and O–H groups in total. The highest BCUT2D eigenvalue weighted by Gasteiger charge is 2.34. The molecule has 0 aromatic heterocycles. The molecule has 1 fully saturated rings. The molecule has 0 aliphatic carbocycles. The highest BCUT2D eigenvalue weighted by Crippen LogP contribution is 2.22. The monoisotopic (exact) mass is 288 g/mol. The first-order chi connectivity index (χ1) is 10.1. The molecule has 21 heavy (non-hydrogen) atoms. The number of hydrogen-bond donors (Lipinski definition) is 1. The standard InChI is InChI=1S/C17H24N2O2/c1-3-4-8-11-19-13(2)12-15(20)18-16(17(19)21)14-9-6-5-7-10-14/h5-7,9-10,13,16H,3-4,8,11-12H2,1-2H3,(H,18,20). The fourth-order valence-corrected chi connectivity index (χ4v) is 2.78. The largest absolute Gasteiger partial charge is 0.340 e. The minimum atomic E-state index is -0.551. The number of benzene rings is 1. The number of rotatable bonds is 5. The van der Waals surface area contributed by atoms with Gasteiger partial charge in [0.1, 0.15) is 6.04 Å². The van der Waals surface area contributed by atoms with E-state index in [0.29, 0.717) is 6.42 Å². The van der Waals surface area contributed by atoms with Gasteiger partial charge in [0.15, 0.2) is 0 Å². The van der Waals surface area contributed by atoms with Crippen LogP contribution in [0.4, 0.5) is 0 Å². The van der Waals surface area contributed by atoms with E-state index in [4.69, 9.17) is 0 Å². The van der Waals surface area contributed by atoms with Crippen LogP contribution in [0.25, 0.3) is 0 Å². The summed E-state index contributed by atoms with van der Waals surface area (Å²) in [5.41, 5.74) is 0.852. The van der Waals surface area contributed by atoms with Crippen molar-refractivity contribution in [3.63, 3.8) is 0 Å². The fraction of sp³-hybridized carbons (Fsp3) is 0.529. The van der Waals surface area contributed by atoms with E-state index in [2.05, 4.69) is 12.2 Å². The van der Waals surface area contributed by atoms with Crippen molar-refractivity contribution in [1.82, 2.24) is 10.2 Å². The van der Waals surface area contributed by atoms with Crippen molar-refractivity contribution in [3.05, 3.63) is 35.9 Å². The Morgan fingerprint density at radius 2 is 1.90 bits per heavy atom. The molecular weight excluding hydrogens is 264 g/mol. The minimum absolute atomic E-state index is 0.00986. The van der Waals surface area contributed by atoms with Gasteiger partial charge in [-0.1, -0.05) is 50.1 Å². The number of nitrogens with zero attached hydrogens (tertiary/aromatic N) is 1. The van der Waals surface area contributed by atoms with Crippen LogP contribution in [0, 0.1) is 0 Å². The van der Waals surface area contributed by atoms with Crippen molar-refractivity contribution >= 4 is 11.8 Å².